The lowest BCUT2D eigenvalue weighted by atomic mass is 10.0. The Morgan fingerprint density at radius 3 is 2.27 bits per heavy atom. The Morgan fingerprint density at radius 1 is 1.27 bits per heavy atom. The Kier molecular flexibility index (Phi) is 6.92. The highest BCUT2D eigenvalue weighted by molar-refractivity contribution is 5.15. The maximum absolute atomic E-state index is 9.74. The van der Waals surface area contributed by atoms with Crippen LogP contribution in [0.2, 0.25) is 0 Å². The first-order valence-electron chi connectivity index (χ1n) is 5.15. The average Bonchev–Trinajstić information content (AvgIpc) is 2.20. The number of aromatic nitrogens is 1. The highest BCUT2D eigenvalue weighted by Crippen LogP contribution is 2.19. The van der Waals surface area contributed by atoms with Gasteiger partial charge in [-0.15, -0.1) is 0 Å². The van der Waals surface area contributed by atoms with Crippen LogP contribution in [0.5, 0.6) is 0 Å². The number of aliphatic hydroxyl groups excluding tert-OH is 2. The van der Waals surface area contributed by atoms with Crippen molar-refractivity contribution >= 4 is 0 Å². The van der Waals surface area contributed by atoms with E-state index in [2.05, 4.69) is 18.8 Å². The van der Waals surface area contributed by atoms with Gasteiger partial charge in [0.05, 0.1) is 6.10 Å². The molecule has 0 spiro atoms. The summed E-state index contributed by atoms with van der Waals surface area (Å²) in [6.45, 7) is 6.15. The molecule has 1 atom stereocenters. The number of hydrogen-bond acceptors (Lipinski definition) is 3. The van der Waals surface area contributed by atoms with E-state index >= 15 is 0 Å². The molecule has 2 N–H and O–H groups in total. The van der Waals surface area contributed by atoms with Crippen LogP contribution in [0.3, 0.4) is 0 Å². The third-order valence-electron chi connectivity index (χ3n) is 2.01. The van der Waals surface area contributed by atoms with Crippen LogP contribution in [0.1, 0.15) is 37.6 Å². The molecule has 0 aliphatic heterocycles. The predicted molar refractivity (Wildman–Crippen MR) is 61.5 cm³/mol. The molecule has 0 aromatic carbocycles. The zero-order chi connectivity index (χ0) is 11.8. The van der Waals surface area contributed by atoms with Crippen LogP contribution in [-0.4, -0.2) is 22.3 Å². The largest absolute Gasteiger partial charge is 0.400 e. The van der Waals surface area contributed by atoms with Crippen molar-refractivity contribution in [1.82, 2.24) is 4.98 Å². The smallest absolute Gasteiger partial charge is 0.0807 e. The van der Waals surface area contributed by atoms with Gasteiger partial charge < -0.3 is 10.2 Å². The first kappa shape index (κ1) is 14.1. The molecule has 0 aliphatic carbocycles. The van der Waals surface area contributed by atoms with Crippen molar-refractivity contribution in [2.75, 3.05) is 7.11 Å². The molecule has 1 heterocycles. The van der Waals surface area contributed by atoms with E-state index in [4.69, 9.17) is 5.11 Å². The third kappa shape index (κ3) is 5.50. The SMILES string of the molecule is CO.Cc1ccc(C(O)CC(C)C)cn1. The van der Waals surface area contributed by atoms with Gasteiger partial charge in [-0.25, -0.2) is 0 Å². The Labute approximate surface area is 91.8 Å². The van der Waals surface area contributed by atoms with Crippen molar-refractivity contribution in [3.63, 3.8) is 0 Å². The molecule has 0 bridgehead atoms. The van der Waals surface area contributed by atoms with Gasteiger partial charge in [0, 0.05) is 19.0 Å². The first-order valence-corrected chi connectivity index (χ1v) is 5.15. The molecule has 1 aromatic heterocycles. The molecule has 0 amide bonds. The van der Waals surface area contributed by atoms with Crippen LogP contribution < -0.4 is 0 Å². The lowest BCUT2D eigenvalue weighted by Gasteiger charge is -2.12. The summed E-state index contributed by atoms with van der Waals surface area (Å²) in [6, 6.07) is 3.87. The first-order chi connectivity index (χ1) is 7.09. The highest BCUT2D eigenvalue weighted by Gasteiger charge is 2.09. The fraction of sp³-hybridized carbons (Fsp3) is 0.583. The maximum Gasteiger partial charge on any atom is 0.0807 e. The number of rotatable bonds is 3. The Hall–Kier alpha value is -0.930. The minimum absolute atomic E-state index is 0.368. The van der Waals surface area contributed by atoms with Crippen LogP contribution >= 0.6 is 0 Å². The molecule has 0 radical (unpaired) electrons. The standard InChI is InChI=1S/C11H17NO.CH4O/c1-8(2)6-11(13)10-5-4-9(3)12-7-10;1-2/h4-5,7-8,11,13H,6H2,1-3H3;2H,1H3. The topological polar surface area (TPSA) is 53.4 Å². The van der Waals surface area contributed by atoms with E-state index in [1.807, 2.05) is 19.1 Å². The van der Waals surface area contributed by atoms with Gasteiger partial charge in [-0.1, -0.05) is 19.9 Å². The lowest BCUT2D eigenvalue weighted by molar-refractivity contribution is 0.150. The number of aliphatic hydroxyl groups is 2. The number of nitrogens with zero attached hydrogens (tertiary/aromatic N) is 1. The Morgan fingerprint density at radius 2 is 1.87 bits per heavy atom. The van der Waals surface area contributed by atoms with Gasteiger partial charge in [-0.2, -0.15) is 0 Å². The zero-order valence-electron chi connectivity index (χ0n) is 9.94. The number of hydrogen-bond donors (Lipinski definition) is 2. The second kappa shape index (κ2) is 7.37. The summed E-state index contributed by atoms with van der Waals surface area (Å²) in [5.41, 5.74) is 1.90. The summed E-state index contributed by atoms with van der Waals surface area (Å²) in [4.78, 5) is 4.15. The predicted octanol–water partition coefficient (Wildman–Crippen LogP) is 2.08. The van der Waals surface area contributed by atoms with E-state index in [1.54, 1.807) is 6.20 Å². The van der Waals surface area contributed by atoms with Crippen LogP contribution in [-0.2, 0) is 0 Å². The van der Waals surface area contributed by atoms with Gasteiger partial charge in [0.2, 0.25) is 0 Å². The van der Waals surface area contributed by atoms with E-state index in [1.165, 1.54) is 0 Å². The molecule has 1 rings (SSSR count). The molecule has 3 nitrogen and oxygen atoms in total. The van der Waals surface area contributed by atoms with Crippen LogP contribution in [0, 0.1) is 12.8 Å². The quantitative estimate of drug-likeness (QED) is 0.804. The average molecular weight is 211 g/mol. The second-order valence-corrected chi connectivity index (χ2v) is 3.88. The van der Waals surface area contributed by atoms with Crippen LogP contribution in [0.15, 0.2) is 18.3 Å². The molecule has 0 aliphatic rings. The van der Waals surface area contributed by atoms with Crippen molar-refractivity contribution in [2.24, 2.45) is 5.92 Å². The summed E-state index contributed by atoms with van der Waals surface area (Å²) >= 11 is 0. The van der Waals surface area contributed by atoms with Gasteiger partial charge in [-0.05, 0) is 30.9 Å². The minimum Gasteiger partial charge on any atom is -0.400 e. The van der Waals surface area contributed by atoms with Crippen LogP contribution in [0.4, 0.5) is 0 Å². The fourth-order valence-corrected chi connectivity index (χ4v) is 1.26. The summed E-state index contributed by atoms with van der Waals surface area (Å²) in [5, 5.41) is 16.7. The maximum atomic E-state index is 9.74. The van der Waals surface area contributed by atoms with E-state index < -0.39 is 0 Å². The monoisotopic (exact) mass is 211 g/mol. The van der Waals surface area contributed by atoms with Crippen molar-refractivity contribution < 1.29 is 10.2 Å². The van der Waals surface area contributed by atoms with Gasteiger partial charge in [0.25, 0.3) is 0 Å². The van der Waals surface area contributed by atoms with Gasteiger partial charge >= 0.3 is 0 Å². The van der Waals surface area contributed by atoms with Crippen molar-refractivity contribution in [3.05, 3.63) is 29.6 Å². The Bertz CT molecular complexity index is 257. The van der Waals surface area contributed by atoms with Gasteiger partial charge in [0.15, 0.2) is 0 Å². The lowest BCUT2D eigenvalue weighted by Crippen LogP contribution is -2.02. The molecule has 15 heavy (non-hydrogen) atoms. The van der Waals surface area contributed by atoms with Crippen molar-refractivity contribution in [2.45, 2.75) is 33.3 Å². The summed E-state index contributed by atoms with van der Waals surface area (Å²) < 4.78 is 0. The Balaban J connectivity index is 0.000000921. The molecule has 86 valence electrons. The van der Waals surface area contributed by atoms with Gasteiger partial charge in [0.1, 0.15) is 0 Å². The molecule has 0 fully saturated rings. The van der Waals surface area contributed by atoms with Gasteiger partial charge in [-0.3, -0.25) is 4.98 Å². The molecule has 0 saturated heterocycles. The number of aryl methyl sites for hydroxylation is 1. The van der Waals surface area contributed by atoms with E-state index in [-0.39, 0.29) is 6.10 Å². The normalized spacial score (nSPS) is 11.9. The number of pyridine rings is 1. The third-order valence-corrected chi connectivity index (χ3v) is 2.01. The summed E-state index contributed by atoms with van der Waals surface area (Å²) in [7, 11) is 1.00. The second-order valence-electron chi connectivity index (χ2n) is 3.88. The zero-order valence-corrected chi connectivity index (χ0v) is 9.94. The molecule has 1 aromatic rings. The summed E-state index contributed by atoms with van der Waals surface area (Å²) in [6.07, 6.45) is 2.18. The van der Waals surface area contributed by atoms with Crippen molar-refractivity contribution in [1.29, 1.82) is 0 Å². The van der Waals surface area contributed by atoms with Crippen LogP contribution in [0.25, 0.3) is 0 Å². The minimum atomic E-state index is -0.368. The fourth-order valence-electron chi connectivity index (χ4n) is 1.26. The molecular formula is C12H21NO2. The van der Waals surface area contributed by atoms with E-state index in [9.17, 15) is 5.11 Å². The molecule has 1 unspecified atom stereocenters. The molecule has 3 heteroatoms. The van der Waals surface area contributed by atoms with E-state index in [0.29, 0.717) is 5.92 Å². The summed E-state index contributed by atoms with van der Waals surface area (Å²) in [5.74, 6) is 0.510. The molecule has 0 saturated carbocycles. The molecular weight excluding hydrogens is 190 g/mol. The van der Waals surface area contributed by atoms with Crippen molar-refractivity contribution in [3.8, 4) is 0 Å². The highest BCUT2D eigenvalue weighted by atomic mass is 16.3. The van der Waals surface area contributed by atoms with E-state index in [0.717, 1.165) is 24.8 Å².